The molecule has 0 bridgehead atoms. The number of benzene rings is 1. The zero-order valence-corrected chi connectivity index (χ0v) is 17.5. The number of hydrogen-bond donors (Lipinski definition) is 2. The zero-order valence-electron chi connectivity index (χ0n) is 17.5. The van der Waals surface area contributed by atoms with E-state index in [0.717, 1.165) is 18.4 Å². The van der Waals surface area contributed by atoms with Crippen molar-refractivity contribution in [3.05, 3.63) is 53.4 Å². The van der Waals surface area contributed by atoms with Gasteiger partial charge in [0, 0.05) is 17.7 Å². The van der Waals surface area contributed by atoms with Crippen LogP contribution < -0.4 is 11.1 Å². The van der Waals surface area contributed by atoms with Gasteiger partial charge in [0.1, 0.15) is 11.5 Å². The summed E-state index contributed by atoms with van der Waals surface area (Å²) in [5.74, 6) is -0.506. The van der Waals surface area contributed by atoms with E-state index >= 15 is 0 Å². The van der Waals surface area contributed by atoms with Crippen LogP contribution in [0.15, 0.2) is 42.0 Å². The maximum Gasteiger partial charge on any atom is 0.247 e. The summed E-state index contributed by atoms with van der Waals surface area (Å²) in [5.41, 5.74) is 6.37. The Kier molecular flexibility index (Phi) is 10.1. The molecule has 1 aromatic carbocycles. The largest absolute Gasteiger partial charge is 0.348 e. The molecule has 5 heteroatoms. The molecule has 28 heavy (non-hydrogen) atoms. The molecular formula is C23H34F2N2O. The molecule has 0 saturated carbocycles. The standard InChI is InChI=1S/C23H34F2N2O/c1-5-23(4,25)15-9-7-6-8-10-21(26)18(3)27-22(28)17(2)16-19-11-13-20(24)14-12-19/h6,8,11-14,16,18,21H,5,7,9-10,15,26H2,1-4H3,(H,27,28)/b8-6-,17-16+. The second-order valence-electron chi connectivity index (χ2n) is 7.67. The molecule has 1 amide bonds. The van der Waals surface area contributed by atoms with Crippen molar-refractivity contribution in [1.29, 1.82) is 0 Å². The van der Waals surface area contributed by atoms with Gasteiger partial charge in [0.25, 0.3) is 0 Å². The molecular weight excluding hydrogens is 358 g/mol. The fourth-order valence-corrected chi connectivity index (χ4v) is 2.64. The van der Waals surface area contributed by atoms with Crippen LogP contribution in [0.2, 0.25) is 0 Å². The van der Waals surface area contributed by atoms with Gasteiger partial charge in [0.2, 0.25) is 5.91 Å². The van der Waals surface area contributed by atoms with Gasteiger partial charge >= 0.3 is 0 Å². The molecule has 0 radical (unpaired) electrons. The third-order valence-corrected chi connectivity index (χ3v) is 4.99. The van der Waals surface area contributed by atoms with Crippen LogP contribution in [0.25, 0.3) is 6.08 Å². The van der Waals surface area contributed by atoms with Crippen molar-refractivity contribution in [2.75, 3.05) is 0 Å². The highest BCUT2D eigenvalue weighted by Gasteiger charge is 2.19. The number of rotatable bonds is 11. The molecule has 0 aliphatic rings. The fourth-order valence-electron chi connectivity index (χ4n) is 2.64. The Balaban J connectivity index is 2.40. The van der Waals surface area contributed by atoms with Gasteiger partial charge in [-0.3, -0.25) is 4.79 Å². The zero-order chi connectivity index (χ0) is 21.2. The summed E-state index contributed by atoms with van der Waals surface area (Å²) >= 11 is 0. The Labute approximate surface area is 168 Å². The van der Waals surface area contributed by atoms with Gasteiger partial charge in [-0.15, -0.1) is 0 Å². The SMILES string of the molecule is CCC(C)(F)CCC/C=C\CC(N)C(C)NC(=O)/C(C)=C/c1ccc(F)cc1. The average molecular weight is 393 g/mol. The first-order valence-electron chi connectivity index (χ1n) is 9.99. The van der Waals surface area contributed by atoms with Gasteiger partial charge in [0.15, 0.2) is 0 Å². The number of alkyl halides is 1. The summed E-state index contributed by atoms with van der Waals surface area (Å²) in [7, 11) is 0. The van der Waals surface area contributed by atoms with Gasteiger partial charge in [-0.25, -0.2) is 8.78 Å². The van der Waals surface area contributed by atoms with E-state index in [1.165, 1.54) is 12.1 Å². The molecule has 3 nitrogen and oxygen atoms in total. The molecule has 0 aromatic heterocycles. The first-order valence-corrected chi connectivity index (χ1v) is 9.99. The normalized spacial score (nSPS) is 16.6. The Morgan fingerprint density at radius 2 is 1.93 bits per heavy atom. The summed E-state index contributed by atoms with van der Waals surface area (Å²) < 4.78 is 26.7. The Bertz CT molecular complexity index is 666. The smallest absolute Gasteiger partial charge is 0.247 e. The Morgan fingerprint density at radius 1 is 1.29 bits per heavy atom. The number of unbranched alkanes of at least 4 members (excludes halogenated alkanes) is 1. The maximum absolute atomic E-state index is 13.8. The molecule has 3 unspecified atom stereocenters. The summed E-state index contributed by atoms with van der Waals surface area (Å²) in [5, 5.41) is 2.90. The van der Waals surface area contributed by atoms with Crippen LogP contribution in [0.5, 0.6) is 0 Å². The number of allylic oxidation sites excluding steroid dienone is 1. The minimum Gasteiger partial charge on any atom is -0.348 e. The van der Waals surface area contributed by atoms with Crippen LogP contribution in [-0.4, -0.2) is 23.7 Å². The molecule has 0 aliphatic heterocycles. The molecule has 156 valence electrons. The number of nitrogens with one attached hydrogen (secondary N) is 1. The van der Waals surface area contributed by atoms with Crippen LogP contribution in [0.1, 0.15) is 65.4 Å². The number of carbonyl (C=O) groups excluding carboxylic acids is 1. The van der Waals surface area contributed by atoms with Gasteiger partial charge in [-0.2, -0.15) is 0 Å². The molecule has 3 N–H and O–H groups in total. The van der Waals surface area contributed by atoms with Gasteiger partial charge in [0.05, 0.1) is 0 Å². The van der Waals surface area contributed by atoms with E-state index in [1.807, 2.05) is 26.0 Å². The average Bonchev–Trinajstić information content (AvgIpc) is 2.65. The van der Waals surface area contributed by atoms with Crippen molar-refractivity contribution in [3.8, 4) is 0 Å². The topological polar surface area (TPSA) is 55.1 Å². The van der Waals surface area contributed by atoms with E-state index in [-0.39, 0.29) is 23.8 Å². The maximum atomic E-state index is 13.8. The Morgan fingerprint density at radius 3 is 2.54 bits per heavy atom. The van der Waals surface area contributed by atoms with Crippen LogP contribution in [0, 0.1) is 5.82 Å². The highest BCUT2D eigenvalue weighted by molar-refractivity contribution is 5.97. The minimum atomic E-state index is -1.08. The van der Waals surface area contributed by atoms with E-state index in [1.54, 1.807) is 32.1 Å². The summed E-state index contributed by atoms with van der Waals surface area (Å²) in [6, 6.07) is 5.57. The highest BCUT2D eigenvalue weighted by atomic mass is 19.1. The highest BCUT2D eigenvalue weighted by Crippen LogP contribution is 2.22. The van der Waals surface area contributed by atoms with E-state index in [9.17, 15) is 13.6 Å². The monoisotopic (exact) mass is 392 g/mol. The molecule has 1 aromatic rings. The number of halogens is 2. The van der Waals surface area contributed by atoms with Crippen LogP contribution in [-0.2, 0) is 4.79 Å². The first-order chi connectivity index (χ1) is 13.1. The quantitative estimate of drug-likeness (QED) is 0.304. The van der Waals surface area contributed by atoms with Crippen molar-refractivity contribution in [2.24, 2.45) is 5.73 Å². The van der Waals surface area contributed by atoms with Crippen molar-refractivity contribution in [1.82, 2.24) is 5.32 Å². The minimum absolute atomic E-state index is 0.192. The van der Waals surface area contributed by atoms with Crippen molar-refractivity contribution < 1.29 is 13.6 Å². The third kappa shape index (κ3) is 9.27. The molecule has 0 aliphatic carbocycles. The number of nitrogens with two attached hydrogens (primary N) is 1. The lowest BCUT2D eigenvalue weighted by Crippen LogP contribution is -2.45. The lowest BCUT2D eigenvalue weighted by molar-refractivity contribution is -0.118. The molecule has 3 atom stereocenters. The number of carbonyl (C=O) groups is 1. The number of amides is 1. The van der Waals surface area contributed by atoms with E-state index < -0.39 is 5.67 Å². The van der Waals surface area contributed by atoms with Gasteiger partial charge < -0.3 is 11.1 Å². The van der Waals surface area contributed by atoms with Crippen LogP contribution in [0.4, 0.5) is 8.78 Å². The van der Waals surface area contributed by atoms with Crippen LogP contribution >= 0.6 is 0 Å². The number of hydrogen-bond acceptors (Lipinski definition) is 2. The lowest BCUT2D eigenvalue weighted by Gasteiger charge is -2.20. The molecule has 0 heterocycles. The predicted molar refractivity (Wildman–Crippen MR) is 113 cm³/mol. The molecule has 0 saturated heterocycles. The van der Waals surface area contributed by atoms with E-state index in [2.05, 4.69) is 5.32 Å². The fraction of sp³-hybridized carbons (Fsp3) is 0.522. The van der Waals surface area contributed by atoms with Crippen LogP contribution in [0.3, 0.4) is 0 Å². The van der Waals surface area contributed by atoms with Gasteiger partial charge in [-0.1, -0.05) is 31.2 Å². The third-order valence-electron chi connectivity index (χ3n) is 4.99. The summed E-state index contributed by atoms with van der Waals surface area (Å²) in [6.45, 7) is 7.09. The molecule has 0 spiro atoms. The Hall–Kier alpha value is -2.01. The lowest BCUT2D eigenvalue weighted by atomic mass is 9.98. The predicted octanol–water partition coefficient (Wildman–Crippen LogP) is 5.32. The molecule has 0 fully saturated rings. The van der Waals surface area contributed by atoms with Gasteiger partial charge in [-0.05, 0) is 76.6 Å². The van der Waals surface area contributed by atoms with Crippen molar-refractivity contribution in [2.45, 2.75) is 77.6 Å². The summed E-state index contributed by atoms with van der Waals surface area (Å²) in [4.78, 5) is 12.3. The first kappa shape index (κ1) is 24.0. The summed E-state index contributed by atoms with van der Waals surface area (Å²) in [6.07, 6.45) is 9.11. The second-order valence-corrected chi connectivity index (χ2v) is 7.67. The van der Waals surface area contributed by atoms with E-state index in [4.69, 9.17) is 5.73 Å². The van der Waals surface area contributed by atoms with Crippen molar-refractivity contribution >= 4 is 12.0 Å². The second kappa shape index (κ2) is 11.7. The van der Waals surface area contributed by atoms with Crippen molar-refractivity contribution in [3.63, 3.8) is 0 Å². The molecule has 1 rings (SSSR count). The van der Waals surface area contributed by atoms with E-state index in [0.29, 0.717) is 24.8 Å².